The van der Waals surface area contributed by atoms with E-state index in [0.29, 0.717) is 16.8 Å². The molecule has 0 saturated carbocycles. The van der Waals surface area contributed by atoms with Gasteiger partial charge in [0.05, 0.1) is 0 Å². The summed E-state index contributed by atoms with van der Waals surface area (Å²) in [6.07, 6.45) is 1.78. The van der Waals surface area contributed by atoms with Crippen LogP contribution in [-0.2, 0) is 6.54 Å². The first-order valence-corrected chi connectivity index (χ1v) is 6.53. The molecule has 100 valence electrons. The van der Waals surface area contributed by atoms with Crippen molar-refractivity contribution in [3.05, 3.63) is 46.7 Å². The molecule has 0 fully saturated rings. The number of benzene rings is 1. The topological polar surface area (TPSA) is 47.0 Å². The molecule has 0 saturated heterocycles. The van der Waals surface area contributed by atoms with Crippen molar-refractivity contribution in [2.75, 3.05) is 6.54 Å². The van der Waals surface area contributed by atoms with Crippen molar-refractivity contribution < 1.29 is 4.74 Å². The summed E-state index contributed by atoms with van der Waals surface area (Å²) >= 11 is 5.90. The number of aromatic nitrogens is 2. The lowest BCUT2D eigenvalue weighted by Crippen LogP contribution is -2.13. The van der Waals surface area contributed by atoms with Gasteiger partial charge in [0.1, 0.15) is 5.75 Å². The lowest BCUT2D eigenvalue weighted by molar-refractivity contribution is 0.439. The van der Waals surface area contributed by atoms with Crippen LogP contribution in [0.15, 0.2) is 30.5 Å². The average molecular weight is 278 g/mol. The Morgan fingerprint density at radius 2 is 2.21 bits per heavy atom. The second kappa shape index (κ2) is 6.50. The van der Waals surface area contributed by atoms with Gasteiger partial charge < -0.3 is 10.1 Å². The van der Waals surface area contributed by atoms with Gasteiger partial charge in [0.25, 0.3) is 0 Å². The van der Waals surface area contributed by atoms with E-state index in [-0.39, 0.29) is 0 Å². The molecule has 0 aliphatic rings. The normalized spacial score (nSPS) is 10.5. The third kappa shape index (κ3) is 3.91. The number of hydrogen-bond donors (Lipinski definition) is 1. The first kappa shape index (κ1) is 13.8. The standard InChI is InChI=1S/C14H16ClN3O/c1-3-16-8-11-9-17-14(18-10(11)2)19-13-6-4-5-12(15)7-13/h4-7,9,16H,3,8H2,1-2H3. The summed E-state index contributed by atoms with van der Waals surface area (Å²) in [6, 6.07) is 7.49. The van der Waals surface area contributed by atoms with Gasteiger partial charge in [-0.1, -0.05) is 24.6 Å². The highest BCUT2D eigenvalue weighted by Gasteiger charge is 2.05. The molecule has 0 unspecified atom stereocenters. The zero-order valence-corrected chi connectivity index (χ0v) is 11.7. The average Bonchev–Trinajstić information content (AvgIpc) is 2.38. The molecule has 0 aliphatic carbocycles. The molecule has 4 nitrogen and oxygen atoms in total. The molecule has 1 aromatic carbocycles. The highest BCUT2D eigenvalue weighted by molar-refractivity contribution is 6.30. The molecule has 1 N–H and O–H groups in total. The summed E-state index contributed by atoms with van der Waals surface area (Å²) in [6.45, 7) is 5.69. The van der Waals surface area contributed by atoms with Gasteiger partial charge in [0.2, 0.25) is 0 Å². The number of rotatable bonds is 5. The monoisotopic (exact) mass is 277 g/mol. The number of ether oxygens (including phenoxy) is 1. The molecule has 0 aliphatic heterocycles. The summed E-state index contributed by atoms with van der Waals surface area (Å²) in [5.74, 6) is 0.631. The van der Waals surface area contributed by atoms with E-state index in [0.717, 1.165) is 24.3 Å². The molecule has 1 heterocycles. The van der Waals surface area contributed by atoms with E-state index in [1.165, 1.54) is 0 Å². The largest absolute Gasteiger partial charge is 0.424 e. The third-order valence-electron chi connectivity index (χ3n) is 2.63. The molecule has 2 rings (SSSR count). The van der Waals surface area contributed by atoms with Crippen molar-refractivity contribution in [2.45, 2.75) is 20.4 Å². The van der Waals surface area contributed by atoms with Gasteiger partial charge in [0, 0.05) is 29.0 Å². The van der Waals surface area contributed by atoms with Gasteiger partial charge in [-0.15, -0.1) is 0 Å². The van der Waals surface area contributed by atoms with Crippen LogP contribution in [0.3, 0.4) is 0 Å². The molecule has 0 bridgehead atoms. The third-order valence-corrected chi connectivity index (χ3v) is 2.86. The van der Waals surface area contributed by atoms with Gasteiger partial charge >= 0.3 is 6.01 Å². The first-order chi connectivity index (χ1) is 9.19. The minimum absolute atomic E-state index is 0.333. The number of nitrogens with one attached hydrogen (secondary N) is 1. The highest BCUT2D eigenvalue weighted by Crippen LogP contribution is 2.21. The summed E-state index contributed by atoms with van der Waals surface area (Å²) < 4.78 is 5.57. The van der Waals surface area contributed by atoms with Crippen molar-refractivity contribution >= 4 is 11.6 Å². The van der Waals surface area contributed by atoms with Crippen molar-refractivity contribution in [2.24, 2.45) is 0 Å². The molecule has 0 spiro atoms. The van der Waals surface area contributed by atoms with Gasteiger partial charge in [-0.3, -0.25) is 0 Å². The van der Waals surface area contributed by atoms with E-state index in [2.05, 4.69) is 22.2 Å². The molecule has 0 atom stereocenters. The lowest BCUT2D eigenvalue weighted by Gasteiger charge is -2.08. The quantitative estimate of drug-likeness (QED) is 0.910. The van der Waals surface area contributed by atoms with Crippen LogP contribution in [0.4, 0.5) is 0 Å². The Kier molecular flexibility index (Phi) is 4.71. The van der Waals surface area contributed by atoms with Gasteiger partial charge in [-0.2, -0.15) is 4.98 Å². The zero-order valence-electron chi connectivity index (χ0n) is 11.0. The second-order valence-electron chi connectivity index (χ2n) is 4.10. The molecular weight excluding hydrogens is 262 g/mol. The second-order valence-corrected chi connectivity index (χ2v) is 4.54. The van der Waals surface area contributed by atoms with E-state index in [1.807, 2.05) is 19.1 Å². The molecule has 1 aromatic heterocycles. The SMILES string of the molecule is CCNCc1cnc(Oc2cccc(Cl)c2)nc1C. The maximum Gasteiger partial charge on any atom is 0.322 e. The summed E-state index contributed by atoms with van der Waals surface area (Å²) in [7, 11) is 0. The van der Waals surface area contributed by atoms with Crippen LogP contribution in [0.2, 0.25) is 5.02 Å². The van der Waals surface area contributed by atoms with E-state index in [1.54, 1.807) is 18.3 Å². The predicted octanol–water partition coefficient (Wildman–Crippen LogP) is 3.34. The molecule has 2 aromatic rings. The number of nitrogens with zero attached hydrogens (tertiary/aromatic N) is 2. The van der Waals surface area contributed by atoms with E-state index >= 15 is 0 Å². The Hall–Kier alpha value is -1.65. The summed E-state index contributed by atoms with van der Waals surface area (Å²) in [5.41, 5.74) is 1.98. The van der Waals surface area contributed by atoms with Crippen molar-refractivity contribution in [3.8, 4) is 11.8 Å². The van der Waals surface area contributed by atoms with Crippen molar-refractivity contribution in [1.82, 2.24) is 15.3 Å². The van der Waals surface area contributed by atoms with Crippen LogP contribution in [0.1, 0.15) is 18.2 Å². The lowest BCUT2D eigenvalue weighted by atomic mass is 10.2. The fourth-order valence-electron chi connectivity index (χ4n) is 1.59. The maximum atomic E-state index is 5.90. The summed E-state index contributed by atoms with van der Waals surface area (Å²) in [4.78, 5) is 8.54. The van der Waals surface area contributed by atoms with E-state index < -0.39 is 0 Å². The first-order valence-electron chi connectivity index (χ1n) is 6.15. The Morgan fingerprint density at radius 1 is 1.37 bits per heavy atom. The Balaban J connectivity index is 2.11. The van der Waals surface area contributed by atoms with Gasteiger partial charge in [-0.05, 0) is 31.7 Å². The number of halogens is 1. The van der Waals surface area contributed by atoms with Crippen LogP contribution in [0.5, 0.6) is 11.8 Å². The minimum Gasteiger partial charge on any atom is -0.424 e. The molecule has 5 heteroatoms. The van der Waals surface area contributed by atoms with E-state index in [4.69, 9.17) is 16.3 Å². The molecular formula is C14H16ClN3O. The molecule has 0 amide bonds. The zero-order chi connectivity index (χ0) is 13.7. The Labute approximate surface area is 117 Å². The minimum atomic E-state index is 0.333. The fraction of sp³-hybridized carbons (Fsp3) is 0.286. The highest BCUT2D eigenvalue weighted by atomic mass is 35.5. The van der Waals surface area contributed by atoms with E-state index in [9.17, 15) is 0 Å². The van der Waals surface area contributed by atoms with Crippen molar-refractivity contribution in [3.63, 3.8) is 0 Å². The Bertz CT molecular complexity index is 560. The van der Waals surface area contributed by atoms with Crippen LogP contribution in [0, 0.1) is 6.92 Å². The Morgan fingerprint density at radius 3 is 2.89 bits per heavy atom. The summed E-state index contributed by atoms with van der Waals surface area (Å²) in [5, 5.41) is 3.87. The van der Waals surface area contributed by atoms with Crippen LogP contribution >= 0.6 is 11.6 Å². The predicted molar refractivity (Wildman–Crippen MR) is 75.7 cm³/mol. The molecule has 0 radical (unpaired) electrons. The maximum absolute atomic E-state index is 5.90. The fourth-order valence-corrected chi connectivity index (χ4v) is 1.77. The number of hydrogen-bond acceptors (Lipinski definition) is 4. The van der Waals surface area contributed by atoms with Crippen LogP contribution < -0.4 is 10.1 Å². The van der Waals surface area contributed by atoms with Crippen molar-refractivity contribution in [1.29, 1.82) is 0 Å². The van der Waals surface area contributed by atoms with Gasteiger partial charge in [0.15, 0.2) is 0 Å². The van der Waals surface area contributed by atoms with Gasteiger partial charge in [-0.25, -0.2) is 4.98 Å². The van der Waals surface area contributed by atoms with Crippen LogP contribution in [0.25, 0.3) is 0 Å². The number of aryl methyl sites for hydroxylation is 1. The molecule has 19 heavy (non-hydrogen) atoms. The smallest absolute Gasteiger partial charge is 0.322 e. The van der Waals surface area contributed by atoms with Crippen LogP contribution in [-0.4, -0.2) is 16.5 Å².